The zero-order valence-electron chi connectivity index (χ0n) is 12.3. The third-order valence-corrected chi connectivity index (χ3v) is 3.87. The quantitative estimate of drug-likeness (QED) is 0.504. The molecule has 0 radical (unpaired) electrons. The molecule has 2 rings (SSSR count). The van der Waals surface area contributed by atoms with Crippen LogP contribution in [0, 0.1) is 17.0 Å². The van der Waals surface area contributed by atoms with Crippen LogP contribution in [0.1, 0.15) is 5.69 Å². The van der Waals surface area contributed by atoms with E-state index in [2.05, 4.69) is 32.1 Å². The van der Waals surface area contributed by atoms with E-state index in [-0.39, 0.29) is 28.5 Å². The molecule has 0 aromatic carbocycles. The highest BCUT2D eigenvalue weighted by Gasteiger charge is 2.25. The summed E-state index contributed by atoms with van der Waals surface area (Å²) in [5.41, 5.74) is 0.142. The lowest BCUT2D eigenvalue weighted by Crippen LogP contribution is -2.52. The molecule has 1 aromatic heterocycles. The fourth-order valence-corrected chi connectivity index (χ4v) is 2.62. The summed E-state index contributed by atoms with van der Waals surface area (Å²) in [5, 5.41) is 14.2. The number of aryl methyl sites for hydroxylation is 1. The average Bonchev–Trinajstić information content (AvgIpc) is 2.38. The lowest BCUT2D eigenvalue weighted by molar-refractivity contribution is -0.385. The van der Waals surface area contributed by atoms with E-state index >= 15 is 0 Å². The number of nitrogens with zero attached hydrogens (tertiary/aromatic N) is 5. The van der Waals surface area contributed by atoms with Crippen LogP contribution in [-0.2, 0) is 0 Å². The van der Waals surface area contributed by atoms with E-state index in [9.17, 15) is 10.1 Å². The molecule has 2 heterocycles. The van der Waals surface area contributed by atoms with Crippen LogP contribution in [-0.4, -0.2) is 71.0 Å². The Morgan fingerprint density at radius 3 is 2.81 bits per heavy atom. The molecule has 1 fully saturated rings. The molecule has 1 N–H and O–H groups in total. The van der Waals surface area contributed by atoms with Crippen molar-refractivity contribution in [1.82, 2.24) is 19.8 Å². The third kappa shape index (κ3) is 3.78. The van der Waals surface area contributed by atoms with Crippen LogP contribution < -0.4 is 5.32 Å². The van der Waals surface area contributed by atoms with E-state index < -0.39 is 4.92 Å². The number of piperazine rings is 1. The van der Waals surface area contributed by atoms with Crippen LogP contribution in [0.3, 0.4) is 0 Å². The van der Waals surface area contributed by atoms with Gasteiger partial charge in [0.1, 0.15) is 5.69 Å². The van der Waals surface area contributed by atoms with E-state index in [0.717, 1.165) is 19.6 Å². The number of anilines is 1. The standard InChI is InChI=1S/C12H19ClN6O2/c1-8-10(19(20)21)11(16-12(13)15-8)14-6-9-7-17(2)4-5-18(9)3/h9H,4-7H2,1-3H3,(H,14,15,16). The Balaban J connectivity index is 2.14. The summed E-state index contributed by atoms with van der Waals surface area (Å²) in [6.45, 7) is 5.00. The molecule has 9 heteroatoms. The van der Waals surface area contributed by atoms with Gasteiger partial charge in [-0.25, -0.2) is 4.98 Å². The minimum atomic E-state index is -0.481. The number of nitro groups is 1. The molecule has 0 saturated carbocycles. The van der Waals surface area contributed by atoms with Gasteiger partial charge in [-0.15, -0.1) is 0 Å². The van der Waals surface area contributed by atoms with Crippen LogP contribution in [0.15, 0.2) is 0 Å². The molecule has 1 atom stereocenters. The predicted molar refractivity (Wildman–Crippen MR) is 80.8 cm³/mol. The van der Waals surface area contributed by atoms with E-state index in [1.54, 1.807) is 6.92 Å². The number of hydrogen-bond donors (Lipinski definition) is 1. The van der Waals surface area contributed by atoms with Crippen LogP contribution >= 0.6 is 11.6 Å². The summed E-state index contributed by atoms with van der Waals surface area (Å²) in [6.07, 6.45) is 0. The van der Waals surface area contributed by atoms with Gasteiger partial charge in [0.2, 0.25) is 11.1 Å². The van der Waals surface area contributed by atoms with Gasteiger partial charge < -0.3 is 10.2 Å². The molecule has 0 aliphatic carbocycles. The highest BCUT2D eigenvalue weighted by atomic mass is 35.5. The van der Waals surface area contributed by atoms with Crippen LogP contribution in [0.25, 0.3) is 0 Å². The molecule has 8 nitrogen and oxygen atoms in total. The molecular formula is C12H19ClN6O2. The van der Waals surface area contributed by atoms with E-state index in [1.165, 1.54) is 0 Å². The van der Waals surface area contributed by atoms with Gasteiger partial charge in [0.15, 0.2) is 0 Å². The van der Waals surface area contributed by atoms with Crippen molar-refractivity contribution in [3.63, 3.8) is 0 Å². The van der Waals surface area contributed by atoms with Crippen molar-refractivity contribution in [2.24, 2.45) is 0 Å². The molecule has 116 valence electrons. The summed E-state index contributed by atoms with van der Waals surface area (Å²) < 4.78 is 0. The molecule has 1 aliphatic heterocycles. The number of halogens is 1. The first kappa shape index (κ1) is 15.9. The van der Waals surface area contributed by atoms with Crippen molar-refractivity contribution in [1.29, 1.82) is 0 Å². The first-order chi connectivity index (χ1) is 9.88. The summed E-state index contributed by atoms with van der Waals surface area (Å²) in [5.74, 6) is 0.180. The van der Waals surface area contributed by atoms with Gasteiger partial charge in [-0.1, -0.05) is 0 Å². The van der Waals surface area contributed by atoms with E-state index in [4.69, 9.17) is 11.6 Å². The smallest absolute Gasteiger partial charge is 0.332 e. The minimum Gasteiger partial charge on any atom is -0.363 e. The third-order valence-electron chi connectivity index (χ3n) is 3.70. The second-order valence-electron chi connectivity index (χ2n) is 5.31. The number of rotatable bonds is 4. The molecule has 1 unspecified atom stereocenters. The number of nitrogens with one attached hydrogen (secondary N) is 1. The Bertz CT molecular complexity index is 541. The van der Waals surface area contributed by atoms with Crippen LogP contribution in [0.2, 0.25) is 5.28 Å². The molecular weight excluding hydrogens is 296 g/mol. The number of aromatic nitrogens is 2. The van der Waals surface area contributed by atoms with Gasteiger partial charge in [0.05, 0.1) is 4.92 Å². The van der Waals surface area contributed by atoms with Crippen molar-refractivity contribution in [2.45, 2.75) is 13.0 Å². The molecule has 1 saturated heterocycles. The molecule has 1 aromatic rings. The fraction of sp³-hybridized carbons (Fsp3) is 0.667. The molecule has 21 heavy (non-hydrogen) atoms. The van der Waals surface area contributed by atoms with Crippen molar-refractivity contribution in [3.8, 4) is 0 Å². The molecule has 0 spiro atoms. The summed E-state index contributed by atoms with van der Waals surface area (Å²) in [4.78, 5) is 22.9. The van der Waals surface area contributed by atoms with Crippen molar-refractivity contribution in [2.75, 3.05) is 45.6 Å². The van der Waals surface area contributed by atoms with Gasteiger partial charge in [-0.3, -0.25) is 15.0 Å². The maximum absolute atomic E-state index is 11.1. The van der Waals surface area contributed by atoms with E-state index in [0.29, 0.717) is 6.54 Å². The zero-order valence-corrected chi connectivity index (χ0v) is 13.1. The maximum atomic E-state index is 11.1. The highest BCUT2D eigenvalue weighted by molar-refractivity contribution is 6.28. The van der Waals surface area contributed by atoms with Crippen molar-refractivity contribution >= 4 is 23.1 Å². The van der Waals surface area contributed by atoms with Gasteiger partial charge in [0.25, 0.3) is 0 Å². The Morgan fingerprint density at radius 2 is 2.14 bits per heavy atom. The summed E-state index contributed by atoms with van der Waals surface area (Å²) in [7, 11) is 4.11. The topological polar surface area (TPSA) is 87.4 Å². The van der Waals surface area contributed by atoms with Crippen LogP contribution in [0.5, 0.6) is 0 Å². The monoisotopic (exact) mass is 314 g/mol. The maximum Gasteiger partial charge on any atom is 0.332 e. The fourth-order valence-electron chi connectivity index (χ4n) is 2.41. The molecule has 0 amide bonds. The number of hydrogen-bond acceptors (Lipinski definition) is 7. The van der Waals surface area contributed by atoms with Gasteiger partial charge in [-0.05, 0) is 32.6 Å². The predicted octanol–water partition coefficient (Wildman–Crippen LogP) is 1.00. The highest BCUT2D eigenvalue weighted by Crippen LogP contribution is 2.26. The lowest BCUT2D eigenvalue weighted by atomic mass is 10.2. The Kier molecular flexibility index (Phi) is 4.92. The Hall–Kier alpha value is -1.51. The molecule has 0 bridgehead atoms. The van der Waals surface area contributed by atoms with Crippen LogP contribution in [0.4, 0.5) is 11.5 Å². The minimum absolute atomic E-state index is 0.00900. The first-order valence-corrected chi connectivity index (χ1v) is 7.07. The Morgan fingerprint density at radius 1 is 1.43 bits per heavy atom. The SMILES string of the molecule is Cc1nc(Cl)nc(NCC2CN(C)CCN2C)c1[N+](=O)[O-]. The van der Waals surface area contributed by atoms with Crippen molar-refractivity contribution in [3.05, 3.63) is 21.1 Å². The van der Waals surface area contributed by atoms with E-state index in [1.807, 2.05) is 7.05 Å². The van der Waals surface area contributed by atoms with Gasteiger partial charge in [0, 0.05) is 32.2 Å². The number of likely N-dealkylation sites (N-methyl/N-ethyl adjacent to an activating group) is 2. The van der Waals surface area contributed by atoms with Crippen molar-refractivity contribution < 1.29 is 4.92 Å². The zero-order chi connectivity index (χ0) is 15.6. The second-order valence-corrected chi connectivity index (χ2v) is 5.65. The largest absolute Gasteiger partial charge is 0.363 e. The molecule has 1 aliphatic rings. The van der Waals surface area contributed by atoms with Gasteiger partial charge >= 0.3 is 5.69 Å². The lowest BCUT2D eigenvalue weighted by Gasteiger charge is -2.37. The first-order valence-electron chi connectivity index (χ1n) is 6.69. The average molecular weight is 315 g/mol. The second kappa shape index (κ2) is 6.50. The normalized spacial score (nSPS) is 20.5. The Labute approximate surface area is 128 Å². The summed E-state index contributed by atoms with van der Waals surface area (Å²) >= 11 is 5.80. The summed E-state index contributed by atoms with van der Waals surface area (Å²) in [6, 6.07) is 0.261. The van der Waals surface area contributed by atoms with Gasteiger partial charge in [-0.2, -0.15) is 4.98 Å².